The first kappa shape index (κ1) is 22.2. The number of carbonyl (C=O) groups is 2. The Labute approximate surface area is 188 Å². The summed E-state index contributed by atoms with van der Waals surface area (Å²) in [6.45, 7) is 4.16. The lowest BCUT2D eigenvalue weighted by Crippen LogP contribution is -2.40. The molecule has 1 fully saturated rings. The molecule has 0 saturated carbocycles. The van der Waals surface area contributed by atoms with Crippen LogP contribution in [0.2, 0.25) is 0 Å². The number of ether oxygens (including phenoxy) is 2. The van der Waals surface area contributed by atoms with Gasteiger partial charge in [0.2, 0.25) is 11.8 Å². The van der Waals surface area contributed by atoms with Crippen molar-refractivity contribution in [3.05, 3.63) is 46.9 Å². The molecule has 4 rings (SSSR count). The molecule has 0 N–H and O–H groups in total. The summed E-state index contributed by atoms with van der Waals surface area (Å²) in [5.41, 5.74) is 2.72. The van der Waals surface area contributed by atoms with E-state index in [4.69, 9.17) is 19.4 Å². The summed E-state index contributed by atoms with van der Waals surface area (Å²) >= 11 is 0. The largest absolute Gasteiger partial charge is 0.497 e. The summed E-state index contributed by atoms with van der Waals surface area (Å²) in [6, 6.07) is 7.72. The molecule has 0 radical (unpaired) electrons. The van der Waals surface area contributed by atoms with E-state index in [1.165, 1.54) is 0 Å². The van der Waals surface area contributed by atoms with Crippen LogP contribution in [0, 0.1) is 6.92 Å². The third-order valence-corrected chi connectivity index (χ3v) is 6.23. The van der Waals surface area contributed by atoms with Gasteiger partial charge in [0.25, 0.3) is 0 Å². The molecule has 32 heavy (non-hydrogen) atoms. The molecular weight excluding hydrogens is 408 g/mol. The van der Waals surface area contributed by atoms with Crippen LogP contribution in [0.15, 0.2) is 24.3 Å². The van der Waals surface area contributed by atoms with E-state index in [9.17, 15) is 9.59 Å². The highest BCUT2D eigenvalue weighted by Gasteiger charge is 2.34. The number of aryl methyl sites for hydroxylation is 1. The van der Waals surface area contributed by atoms with Crippen LogP contribution in [-0.4, -0.2) is 60.6 Å². The molecule has 1 aromatic carbocycles. The van der Waals surface area contributed by atoms with Crippen LogP contribution in [0.3, 0.4) is 0 Å². The van der Waals surface area contributed by atoms with Gasteiger partial charge in [0.1, 0.15) is 17.4 Å². The first-order chi connectivity index (χ1) is 15.5. The molecule has 2 aliphatic heterocycles. The number of piperidine rings is 1. The van der Waals surface area contributed by atoms with Gasteiger partial charge < -0.3 is 14.4 Å². The average Bonchev–Trinajstić information content (AvgIpc) is 3.13. The minimum Gasteiger partial charge on any atom is -0.497 e. The summed E-state index contributed by atoms with van der Waals surface area (Å²) in [5, 5.41) is 0. The van der Waals surface area contributed by atoms with Crippen molar-refractivity contribution < 1.29 is 19.1 Å². The first-order valence-electron chi connectivity index (χ1n) is 11.1. The number of aromatic nitrogens is 2. The Bertz CT molecular complexity index is 1010. The molecule has 0 unspecified atom stereocenters. The summed E-state index contributed by atoms with van der Waals surface area (Å²) in [7, 11) is 3.23. The van der Waals surface area contributed by atoms with Crippen LogP contribution >= 0.6 is 0 Å². The van der Waals surface area contributed by atoms with E-state index in [1.807, 2.05) is 36.1 Å². The van der Waals surface area contributed by atoms with E-state index < -0.39 is 0 Å². The topological polar surface area (TPSA) is 84.9 Å². The lowest BCUT2D eigenvalue weighted by molar-refractivity contribution is -0.133. The molecular formula is C24H30N4O4. The summed E-state index contributed by atoms with van der Waals surface area (Å²) in [4.78, 5) is 38.6. The number of benzene rings is 1. The normalized spacial score (nSPS) is 18.1. The Morgan fingerprint density at radius 1 is 1.25 bits per heavy atom. The molecule has 2 aromatic rings. The van der Waals surface area contributed by atoms with E-state index in [-0.39, 0.29) is 17.7 Å². The van der Waals surface area contributed by atoms with Crippen molar-refractivity contribution in [3.63, 3.8) is 0 Å². The van der Waals surface area contributed by atoms with Crippen LogP contribution in [0.25, 0.3) is 0 Å². The fourth-order valence-electron chi connectivity index (χ4n) is 4.46. The van der Waals surface area contributed by atoms with Crippen molar-refractivity contribution >= 4 is 17.6 Å². The standard InChI is InChI=1S/C24H30N4O4/c1-16-20-13-22(30)28(14-17-6-4-8-19(12-17)32-3)24(20)26-23(25-16)18-7-5-10-27(15-18)21(29)9-11-31-2/h4,6,8,12,18H,5,7,9-11,13-15H2,1-3H3/t18-/m0/s1. The highest BCUT2D eigenvalue weighted by Crippen LogP contribution is 2.34. The molecule has 170 valence electrons. The molecule has 8 nitrogen and oxygen atoms in total. The number of nitrogens with zero attached hydrogens (tertiary/aromatic N) is 4. The fourth-order valence-corrected chi connectivity index (χ4v) is 4.46. The predicted molar refractivity (Wildman–Crippen MR) is 120 cm³/mol. The van der Waals surface area contributed by atoms with Crippen LogP contribution in [-0.2, 0) is 27.3 Å². The van der Waals surface area contributed by atoms with Crippen LogP contribution in [0.4, 0.5) is 5.82 Å². The van der Waals surface area contributed by atoms with Gasteiger partial charge in [-0.2, -0.15) is 0 Å². The second-order valence-corrected chi connectivity index (χ2v) is 8.40. The molecule has 1 aromatic heterocycles. The van der Waals surface area contributed by atoms with E-state index >= 15 is 0 Å². The molecule has 1 atom stereocenters. The van der Waals surface area contributed by atoms with Gasteiger partial charge in [0.15, 0.2) is 0 Å². The van der Waals surface area contributed by atoms with Gasteiger partial charge in [-0.3, -0.25) is 14.5 Å². The number of fused-ring (bicyclic) bond motifs is 1. The van der Waals surface area contributed by atoms with Gasteiger partial charge in [-0.1, -0.05) is 12.1 Å². The SMILES string of the molecule is COCCC(=O)N1CCC[C@H](c2nc(C)c3c(n2)N(Cc2cccc(OC)c2)C(=O)C3)C1. The Balaban J connectivity index is 1.57. The third kappa shape index (κ3) is 4.60. The highest BCUT2D eigenvalue weighted by molar-refractivity contribution is 6.00. The van der Waals surface area contributed by atoms with Crippen molar-refractivity contribution in [2.24, 2.45) is 0 Å². The number of amides is 2. The number of hydrogen-bond donors (Lipinski definition) is 0. The Kier molecular flexibility index (Phi) is 6.69. The second kappa shape index (κ2) is 9.65. The van der Waals surface area contributed by atoms with Gasteiger partial charge in [0.05, 0.1) is 33.1 Å². The third-order valence-electron chi connectivity index (χ3n) is 6.23. The van der Waals surface area contributed by atoms with Crippen molar-refractivity contribution in [1.29, 1.82) is 0 Å². The maximum absolute atomic E-state index is 12.8. The molecule has 0 bridgehead atoms. The molecule has 1 saturated heterocycles. The van der Waals surface area contributed by atoms with Gasteiger partial charge in [0, 0.05) is 37.4 Å². The van der Waals surface area contributed by atoms with E-state index in [2.05, 4.69) is 0 Å². The molecule has 0 aliphatic carbocycles. The predicted octanol–water partition coefficient (Wildman–Crippen LogP) is 2.63. The van der Waals surface area contributed by atoms with E-state index in [0.717, 1.165) is 47.8 Å². The highest BCUT2D eigenvalue weighted by atomic mass is 16.5. The molecule has 2 amide bonds. The van der Waals surface area contributed by atoms with Crippen LogP contribution in [0.5, 0.6) is 5.75 Å². The van der Waals surface area contributed by atoms with Crippen molar-refractivity contribution in [2.45, 2.75) is 45.1 Å². The zero-order chi connectivity index (χ0) is 22.7. The zero-order valence-corrected chi connectivity index (χ0v) is 19.0. The monoisotopic (exact) mass is 438 g/mol. The van der Waals surface area contributed by atoms with Crippen LogP contribution < -0.4 is 9.64 Å². The van der Waals surface area contributed by atoms with E-state index in [0.29, 0.717) is 38.4 Å². The van der Waals surface area contributed by atoms with Crippen molar-refractivity contribution in [3.8, 4) is 5.75 Å². The van der Waals surface area contributed by atoms with Gasteiger partial charge >= 0.3 is 0 Å². The Morgan fingerprint density at radius 3 is 2.88 bits per heavy atom. The maximum atomic E-state index is 12.8. The smallest absolute Gasteiger partial charge is 0.233 e. The van der Waals surface area contributed by atoms with Crippen molar-refractivity contribution in [2.75, 3.05) is 38.8 Å². The first-order valence-corrected chi connectivity index (χ1v) is 11.1. The summed E-state index contributed by atoms with van der Waals surface area (Å²) < 4.78 is 10.4. The van der Waals surface area contributed by atoms with Crippen LogP contribution in [0.1, 0.15) is 47.8 Å². The fraction of sp³-hybridized carbons (Fsp3) is 0.500. The number of anilines is 1. The summed E-state index contributed by atoms with van der Waals surface area (Å²) in [6.07, 6.45) is 2.54. The second-order valence-electron chi connectivity index (χ2n) is 8.40. The lowest BCUT2D eigenvalue weighted by atomic mass is 9.96. The molecule has 8 heteroatoms. The minimum absolute atomic E-state index is 0.0254. The van der Waals surface area contributed by atoms with Gasteiger partial charge in [-0.05, 0) is 37.5 Å². The Morgan fingerprint density at radius 2 is 2.09 bits per heavy atom. The quantitative estimate of drug-likeness (QED) is 0.661. The minimum atomic E-state index is 0.0254. The number of carbonyl (C=O) groups excluding carboxylic acids is 2. The number of likely N-dealkylation sites (tertiary alicyclic amines) is 1. The Hall–Kier alpha value is -3.00. The molecule has 3 heterocycles. The van der Waals surface area contributed by atoms with Crippen molar-refractivity contribution in [1.82, 2.24) is 14.9 Å². The van der Waals surface area contributed by atoms with Gasteiger partial charge in [-0.25, -0.2) is 9.97 Å². The zero-order valence-electron chi connectivity index (χ0n) is 19.0. The molecule has 2 aliphatic rings. The average molecular weight is 439 g/mol. The maximum Gasteiger partial charge on any atom is 0.233 e. The summed E-state index contributed by atoms with van der Waals surface area (Å²) in [5.74, 6) is 2.36. The number of methoxy groups -OCH3 is 2. The lowest BCUT2D eigenvalue weighted by Gasteiger charge is -2.32. The molecule has 0 spiro atoms. The van der Waals surface area contributed by atoms with Gasteiger partial charge in [-0.15, -0.1) is 0 Å². The number of rotatable bonds is 7. The number of hydrogen-bond acceptors (Lipinski definition) is 6. The van der Waals surface area contributed by atoms with E-state index in [1.54, 1.807) is 19.1 Å².